The molecule has 0 saturated heterocycles. The minimum atomic E-state index is -0.257. The van der Waals surface area contributed by atoms with Gasteiger partial charge in [0.25, 0.3) is 0 Å². The van der Waals surface area contributed by atoms with Gasteiger partial charge in [0.2, 0.25) is 0 Å². The summed E-state index contributed by atoms with van der Waals surface area (Å²) in [4.78, 5) is 14.2. The minimum absolute atomic E-state index is 0.0946. The van der Waals surface area contributed by atoms with E-state index in [2.05, 4.69) is 50.2 Å². The van der Waals surface area contributed by atoms with E-state index in [1.165, 1.54) is 30.4 Å². The zero-order valence-electron chi connectivity index (χ0n) is 16.1. The Hall–Kier alpha value is -2.29. The van der Waals surface area contributed by atoms with Crippen molar-refractivity contribution in [3.05, 3.63) is 65.7 Å². The van der Waals surface area contributed by atoms with Crippen molar-refractivity contribution in [2.24, 2.45) is 0 Å². The van der Waals surface area contributed by atoms with Crippen molar-refractivity contribution in [1.29, 1.82) is 0 Å². The van der Waals surface area contributed by atoms with Crippen LogP contribution in [0, 0.1) is 0 Å². The summed E-state index contributed by atoms with van der Waals surface area (Å²) in [6.07, 6.45) is 5.58. The minimum Gasteiger partial charge on any atom is -0.410 e. The Morgan fingerprint density at radius 3 is 2.12 bits per heavy atom. The van der Waals surface area contributed by atoms with Crippen molar-refractivity contribution in [3.63, 3.8) is 0 Å². The molecule has 0 bridgehead atoms. The summed E-state index contributed by atoms with van der Waals surface area (Å²) in [5.41, 5.74) is 2.37. The Morgan fingerprint density at radius 2 is 1.50 bits per heavy atom. The first-order valence-electron chi connectivity index (χ1n) is 9.59. The Bertz CT molecular complexity index is 716. The van der Waals surface area contributed by atoms with Gasteiger partial charge in [-0.2, -0.15) is 0 Å². The van der Waals surface area contributed by atoms with Gasteiger partial charge in [-0.25, -0.2) is 4.79 Å². The van der Waals surface area contributed by atoms with Gasteiger partial charge in [0.05, 0.1) is 0 Å². The average molecular weight is 351 g/mol. The molecule has 0 heterocycles. The SMILES string of the molecule is CN(C(=O)Oc1ccc(C(C)(C)c2ccccc2)cc1)C1CCCCC1. The van der Waals surface area contributed by atoms with E-state index in [0.29, 0.717) is 11.8 Å². The normalized spacial score (nSPS) is 15.5. The molecule has 0 unspecified atom stereocenters. The van der Waals surface area contributed by atoms with Crippen molar-refractivity contribution in [2.45, 2.75) is 57.4 Å². The van der Waals surface area contributed by atoms with E-state index in [0.717, 1.165) is 12.8 Å². The summed E-state index contributed by atoms with van der Waals surface area (Å²) in [5.74, 6) is 0.602. The monoisotopic (exact) mass is 351 g/mol. The van der Waals surface area contributed by atoms with Gasteiger partial charge >= 0.3 is 6.09 Å². The van der Waals surface area contributed by atoms with E-state index in [1.807, 2.05) is 25.2 Å². The number of amides is 1. The Kier molecular flexibility index (Phi) is 5.65. The molecule has 0 aliphatic heterocycles. The number of hydrogen-bond acceptors (Lipinski definition) is 2. The van der Waals surface area contributed by atoms with Crippen LogP contribution >= 0.6 is 0 Å². The second-order valence-corrected chi connectivity index (χ2v) is 7.79. The molecule has 2 aromatic rings. The lowest BCUT2D eigenvalue weighted by atomic mass is 9.78. The first-order chi connectivity index (χ1) is 12.5. The second-order valence-electron chi connectivity index (χ2n) is 7.79. The van der Waals surface area contributed by atoms with Crippen LogP contribution in [0.15, 0.2) is 54.6 Å². The predicted molar refractivity (Wildman–Crippen MR) is 106 cm³/mol. The van der Waals surface area contributed by atoms with Crippen molar-refractivity contribution in [1.82, 2.24) is 4.90 Å². The smallest absolute Gasteiger partial charge is 0.410 e. The first kappa shape index (κ1) is 18.5. The van der Waals surface area contributed by atoms with Gasteiger partial charge in [-0.15, -0.1) is 0 Å². The molecule has 1 aliphatic rings. The maximum atomic E-state index is 12.4. The van der Waals surface area contributed by atoms with E-state index in [4.69, 9.17) is 4.74 Å². The van der Waals surface area contributed by atoms with Crippen LogP contribution in [-0.4, -0.2) is 24.1 Å². The third kappa shape index (κ3) is 4.09. The van der Waals surface area contributed by atoms with Gasteiger partial charge in [-0.05, 0) is 36.1 Å². The van der Waals surface area contributed by atoms with Crippen molar-refractivity contribution in [2.75, 3.05) is 7.05 Å². The molecule has 0 N–H and O–H groups in total. The number of hydrogen-bond donors (Lipinski definition) is 0. The number of carbonyl (C=O) groups is 1. The van der Waals surface area contributed by atoms with Crippen LogP contribution in [0.4, 0.5) is 4.79 Å². The molecule has 1 fully saturated rings. The molecule has 0 aromatic heterocycles. The first-order valence-corrected chi connectivity index (χ1v) is 9.59. The highest BCUT2D eigenvalue weighted by atomic mass is 16.6. The van der Waals surface area contributed by atoms with Crippen molar-refractivity contribution < 1.29 is 9.53 Å². The fourth-order valence-electron chi connectivity index (χ4n) is 3.75. The fraction of sp³-hybridized carbons (Fsp3) is 0.435. The zero-order valence-corrected chi connectivity index (χ0v) is 16.1. The maximum Gasteiger partial charge on any atom is 0.415 e. The summed E-state index contributed by atoms with van der Waals surface area (Å²) in [7, 11) is 1.85. The largest absolute Gasteiger partial charge is 0.415 e. The van der Waals surface area contributed by atoms with Crippen LogP contribution in [0.2, 0.25) is 0 Å². The molecule has 3 nitrogen and oxygen atoms in total. The van der Waals surface area contributed by atoms with E-state index < -0.39 is 0 Å². The van der Waals surface area contributed by atoms with Gasteiger partial charge in [-0.3, -0.25) is 0 Å². The van der Waals surface area contributed by atoms with Crippen LogP contribution < -0.4 is 4.74 Å². The summed E-state index contributed by atoms with van der Waals surface area (Å²) >= 11 is 0. The van der Waals surface area contributed by atoms with Crippen LogP contribution in [0.5, 0.6) is 5.75 Å². The summed E-state index contributed by atoms with van der Waals surface area (Å²) in [6.45, 7) is 4.42. The van der Waals surface area contributed by atoms with E-state index in [-0.39, 0.29) is 11.5 Å². The van der Waals surface area contributed by atoms with Crippen LogP contribution in [0.1, 0.15) is 57.1 Å². The fourth-order valence-corrected chi connectivity index (χ4v) is 3.75. The number of benzene rings is 2. The standard InChI is InChI=1S/C23H29NO2/c1-23(2,18-10-6-4-7-11-18)19-14-16-21(17-15-19)26-22(25)24(3)20-12-8-5-9-13-20/h4,6-7,10-11,14-17,20H,5,8-9,12-13H2,1-3H3. The van der Waals surface area contributed by atoms with Crippen molar-refractivity contribution in [3.8, 4) is 5.75 Å². The molecule has 3 heteroatoms. The lowest BCUT2D eigenvalue weighted by Crippen LogP contribution is -2.39. The van der Waals surface area contributed by atoms with E-state index in [9.17, 15) is 4.79 Å². The van der Waals surface area contributed by atoms with Crippen LogP contribution in [-0.2, 0) is 5.41 Å². The quantitative estimate of drug-likeness (QED) is 0.699. The third-order valence-corrected chi connectivity index (χ3v) is 5.69. The second kappa shape index (κ2) is 7.94. The molecule has 1 amide bonds. The van der Waals surface area contributed by atoms with E-state index >= 15 is 0 Å². The topological polar surface area (TPSA) is 29.5 Å². The Balaban J connectivity index is 1.66. The van der Waals surface area contributed by atoms with Crippen LogP contribution in [0.25, 0.3) is 0 Å². The van der Waals surface area contributed by atoms with Gasteiger partial charge in [0.15, 0.2) is 0 Å². The molecule has 0 spiro atoms. The molecular formula is C23H29NO2. The van der Waals surface area contributed by atoms with E-state index in [1.54, 1.807) is 4.90 Å². The lowest BCUT2D eigenvalue weighted by molar-refractivity contribution is 0.133. The molecule has 1 saturated carbocycles. The molecule has 1 aliphatic carbocycles. The van der Waals surface area contributed by atoms with Gasteiger partial charge < -0.3 is 9.64 Å². The molecule has 138 valence electrons. The van der Waals surface area contributed by atoms with Gasteiger partial charge in [-0.1, -0.05) is 75.6 Å². The number of carbonyl (C=O) groups excluding carboxylic acids is 1. The predicted octanol–water partition coefficient (Wildman–Crippen LogP) is 5.78. The average Bonchev–Trinajstić information content (AvgIpc) is 2.69. The summed E-state index contributed by atoms with van der Waals surface area (Å²) in [6, 6.07) is 18.7. The zero-order chi connectivity index (χ0) is 18.6. The Labute approximate surface area is 157 Å². The number of rotatable bonds is 4. The molecule has 0 radical (unpaired) electrons. The van der Waals surface area contributed by atoms with Crippen molar-refractivity contribution >= 4 is 6.09 Å². The maximum absolute atomic E-state index is 12.4. The van der Waals surface area contributed by atoms with Gasteiger partial charge in [0, 0.05) is 18.5 Å². The number of ether oxygens (including phenoxy) is 1. The summed E-state index contributed by atoms with van der Waals surface area (Å²) < 4.78 is 5.59. The molecule has 26 heavy (non-hydrogen) atoms. The highest BCUT2D eigenvalue weighted by molar-refractivity contribution is 5.70. The molecular weight excluding hydrogens is 322 g/mol. The molecule has 3 rings (SSSR count). The van der Waals surface area contributed by atoms with Gasteiger partial charge in [0.1, 0.15) is 5.75 Å². The molecule has 2 aromatic carbocycles. The molecule has 0 atom stereocenters. The van der Waals surface area contributed by atoms with Crippen LogP contribution in [0.3, 0.4) is 0 Å². The Morgan fingerprint density at radius 1 is 0.923 bits per heavy atom. The highest BCUT2D eigenvalue weighted by Gasteiger charge is 2.25. The lowest BCUT2D eigenvalue weighted by Gasteiger charge is -2.30. The summed E-state index contributed by atoms with van der Waals surface area (Å²) in [5, 5.41) is 0. The number of nitrogens with zero attached hydrogens (tertiary/aromatic N) is 1. The highest BCUT2D eigenvalue weighted by Crippen LogP contribution is 2.32. The third-order valence-electron chi connectivity index (χ3n) is 5.69.